The summed E-state index contributed by atoms with van der Waals surface area (Å²) in [4.78, 5) is 16.9. The summed E-state index contributed by atoms with van der Waals surface area (Å²) in [7, 11) is -3.21. The molecule has 6 nitrogen and oxygen atoms in total. The number of hydrogen-bond donors (Lipinski definition) is 1. The zero-order valence-electron chi connectivity index (χ0n) is 12.3. The number of fused-ring (bicyclic) bond motifs is 1. The van der Waals surface area contributed by atoms with Crippen molar-refractivity contribution in [3.8, 4) is 11.3 Å². The Balaban J connectivity index is 1.91. The Kier molecular flexibility index (Phi) is 3.95. The van der Waals surface area contributed by atoms with Crippen molar-refractivity contribution in [2.45, 2.75) is 18.2 Å². The van der Waals surface area contributed by atoms with Gasteiger partial charge in [-0.2, -0.15) is 0 Å². The Labute approximate surface area is 137 Å². The Hall–Kier alpha value is -2.19. The van der Waals surface area contributed by atoms with Crippen LogP contribution >= 0.6 is 11.3 Å². The molecule has 8 heteroatoms. The summed E-state index contributed by atoms with van der Waals surface area (Å²) in [5.41, 5.74) is 1.54. The maximum Gasteiger partial charge on any atom is 0.308 e. The van der Waals surface area contributed by atoms with Gasteiger partial charge in [-0.3, -0.25) is 9.20 Å². The summed E-state index contributed by atoms with van der Waals surface area (Å²) in [6, 6.07) is 6.62. The highest BCUT2D eigenvalue weighted by molar-refractivity contribution is 7.91. The van der Waals surface area contributed by atoms with Crippen LogP contribution in [-0.4, -0.2) is 34.6 Å². The Morgan fingerprint density at radius 1 is 1.26 bits per heavy atom. The minimum atomic E-state index is -3.21. The molecule has 2 aromatic heterocycles. The van der Waals surface area contributed by atoms with E-state index in [0.717, 1.165) is 16.1 Å². The summed E-state index contributed by atoms with van der Waals surface area (Å²) in [5, 5.41) is 8.80. The van der Waals surface area contributed by atoms with E-state index >= 15 is 0 Å². The van der Waals surface area contributed by atoms with Gasteiger partial charge in [0.15, 0.2) is 14.8 Å². The van der Waals surface area contributed by atoms with Crippen LogP contribution in [0.5, 0.6) is 0 Å². The van der Waals surface area contributed by atoms with Gasteiger partial charge < -0.3 is 5.11 Å². The summed E-state index contributed by atoms with van der Waals surface area (Å²) in [6.45, 7) is 1.61. The molecule has 0 aliphatic rings. The fraction of sp³-hybridized carbons (Fsp3) is 0.200. The number of carboxylic acids is 1. The maximum absolute atomic E-state index is 11.8. The largest absolute Gasteiger partial charge is 0.481 e. The third-order valence-electron chi connectivity index (χ3n) is 3.42. The summed E-state index contributed by atoms with van der Waals surface area (Å²) in [6.07, 6.45) is 3.54. The minimum Gasteiger partial charge on any atom is -0.481 e. The number of sulfone groups is 1. The van der Waals surface area contributed by atoms with Crippen molar-refractivity contribution in [1.82, 2.24) is 9.38 Å². The van der Waals surface area contributed by atoms with Crippen molar-refractivity contribution in [3.63, 3.8) is 0 Å². The molecule has 0 atom stereocenters. The summed E-state index contributed by atoms with van der Waals surface area (Å²) in [5.74, 6) is -0.804. The molecule has 0 amide bonds. The topological polar surface area (TPSA) is 88.7 Å². The molecular weight excluding hydrogens is 336 g/mol. The monoisotopic (exact) mass is 350 g/mol. The van der Waals surface area contributed by atoms with Gasteiger partial charge in [-0.1, -0.05) is 19.1 Å². The van der Waals surface area contributed by atoms with E-state index < -0.39 is 15.8 Å². The maximum atomic E-state index is 11.8. The molecule has 0 bridgehead atoms. The Morgan fingerprint density at radius 2 is 1.96 bits per heavy atom. The SMILES string of the molecule is CCS(=O)(=O)c1ccc(-c2cn3cc(CC(=O)O)sc3n2)cc1. The molecule has 120 valence electrons. The van der Waals surface area contributed by atoms with Gasteiger partial charge >= 0.3 is 5.97 Å². The van der Waals surface area contributed by atoms with Crippen molar-refractivity contribution in [3.05, 3.63) is 41.5 Å². The molecule has 23 heavy (non-hydrogen) atoms. The molecule has 3 rings (SSSR count). The summed E-state index contributed by atoms with van der Waals surface area (Å²) < 4.78 is 25.4. The quantitative estimate of drug-likeness (QED) is 0.764. The van der Waals surface area contributed by atoms with Crippen LogP contribution in [0.15, 0.2) is 41.6 Å². The number of thiazole rings is 1. The second-order valence-corrected chi connectivity index (χ2v) is 8.38. The highest BCUT2D eigenvalue weighted by atomic mass is 32.2. The Morgan fingerprint density at radius 3 is 2.52 bits per heavy atom. The van der Waals surface area contributed by atoms with Crippen molar-refractivity contribution in [2.75, 3.05) is 5.75 Å². The van der Waals surface area contributed by atoms with Gasteiger partial charge in [0.2, 0.25) is 0 Å². The zero-order valence-corrected chi connectivity index (χ0v) is 13.9. The molecule has 0 aliphatic carbocycles. The standard InChI is InChI=1S/C15H14N2O4S2/c1-2-23(20,21)12-5-3-10(4-6-12)13-9-17-8-11(7-14(18)19)22-15(17)16-13/h3-6,8-9H,2,7H2,1H3,(H,18,19). The second kappa shape index (κ2) is 5.78. The van der Waals surface area contributed by atoms with Crippen LogP contribution in [0.2, 0.25) is 0 Å². The molecule has 0 saturated carbocycles. The Bertz CT molecular complexity index is 937. The van der Waals surface area contributed by atoms with Crippen LogP contribution in [0.3, 0.4) is 0 Å². The van der Waals surface area contributed by atoms with Crippen LogP contribution in [0, 0.1) is 0 Å². The third-order valence-corrected chi connectivity index (χ3v) is 6.17. The molecule has 0 radical (unpaired) electrons. The molecule has 0 fully saturated rings. The number of nitrogens with zero attached hydrogens (tertiary/aromatic N) is 2. The van der Waals surface area contributed by atoms with Gasteiger partial charge in [0.1, 0.15) is 0 Å². The van der Waals surface area contributed by atoms with E-state index in [1.54, 1.807) is 48.0 Å². The van der Waals surface area contributed by atoms with E-state index in [4.69, 9.17) is 5.11 Å². The second-order valence-electron chi connectivity index (χ2n) is 5.01. The van der Waals surface area contributed by atoms with E-state index in [0.29, 0.717) is 9.86 Å². The number of carboxylic acid groups (broad SMARTS) is 1. The molecule has 0 spiro atoms. The first-order valence-corrected chi connectivity index (χ1v) is 9.38. The lowest BCUT2D eigenvalue weighted by Crippen LogP contribution is -2.03. The molecule has 2 heterocycles. The number of carbonyl (C=O) groups is 1. The van der Waals surface area contributed by atoms with E-state index in [-0.39, 0.29) is 12.2 Å². The predicted octanol–water partition coefficient (Wildman–Crippen LogP) is 2.48. The summed E-state index contributed by atoms with van der Waals surface area (Å²) >= 11 is 1.33. The first kappa shape index (κ1) is 15.7. The molecule has 0 unspecified atom stereocenters. The average molecular weight is 350 g/mol. The normalized spacial score (nSPS) is 11.9. The molecule has 1 aromatic carbocycles. The van der Waals surface area contributed by atoms with Gasteiger partial charge in [0, 0.05) is 22.8 Å². The third kappa shape index (κ3) is 3.13. The van der Waals surface area contributed by atoms with Crippen molar-refractivity contribution in [1.29, 1.82) is 0 Å². The van der Waals surface area contributed by atoms with Gasteiger partial charge in [0.05, 0.1) is 22.8 Å². The van der Waals surface area contributed by atoms with Crippen molar-refractivity contribution >= 4 is 32.1 Å². The minimum absolute atomic E-state index is 0.0209. The highest BCUT2D eigenvalue weighted by Gasteiger charge is 2.13. The van der Waals surface area contributed by atoms with Crippen LogP contribution < -0.4 is 0 Å². The lowest BCUT2D eigenvalue weighted by atomic mass is 10.2. The number of hydrogen-bond acceptors (Lipinski definition) is 5. The van der Waals surface area contributed by atoms with Gasteiger partial charge in [-0.15, -0.1) is 11.3 Å². The first-order valence-electron chi connectivity index (χ1n) is 6.91. The van der Waals surface area contributed by atoms with E-state index in [1.165, 1.54) is 11.3 Å². The average Bonchev–Trinajstić information content (AvgIpc) is 3.05. The van der Waals surface area contributed by atoms with Crippen LogP contribution in [0.25, 0.3) is 16.2 Å². The molecule has 3 aromatic rings. The van der Waals surface area contributed by atoms with Crippen molar-refractivity contribution < 1.29 is 18.3 Å². The molecule has 0 aliphatic heterocycles. The van der Waals surface area contributed by atoms with Gasteiger partial charge in [-0.25, -0.2) is 13.4 Å². The fourth-order valence-corrected chi connectivity index (χ4v) is 4.05. The van der Waals surface area contributed by atoms with E-state index in [2.05, 4.69) is 4.98 Å². The van der Waals surface area contributed by atoms with Crippen molar-refractivity contribution in [2.24, 2.45) is 0 Å². The van der Waals surface area contributed by atoms with Gasteiger partial charge in [-0.05, 0) is 12.1 Å². The number of imidazole rings is 1. The number of rotatable bonds is 5. The number of aliphatic carboxylic acids is 1. The number of benzene rings is 1. The molecule has 0 saturated heterocycles. The predicted molar refractivity (Wildman–Crippen MR) is 87.6 cm³/mol. The van der Waals surface area contributed by atoms with E-state index in [1.807, 2.05) is 0 Å². The highest BCUT2D eigenvalue weighted by Crippen LogP contribution is 2.25. The lowest BCUT2D eigenvalue weighted by Gasteiger charge is -2.02. The smallest absolute Gasteiger partial charge is 0.308 e. The fourth-order valence-electron chi connectivity index (χ4n) is 2.21. The lowest BCUT2D eigenvalue weighted by molar-refractivity contribution is -0.136. The molecular formula is C15H14N2O4S2. The van der Waals surface area contributed by atoms with Crippen LogP contribution in [-0.2, 0) is 21.1 Å². The van der Waals surface area contributed by atoms with Crippen LogP contribution in [0.1, 0.15) is 11.8 Å². The zero-order chi connectivity index (χ0) is 16.6. The van der Waals surface area contributed by atoms with Gasteiger partial charge in [0.25, 0.3) is 0 Å². The molecule has 1 N–H and O–H groups in total. The first-order chi connectivity index (χ1) is 10.9. The van der Waals surface area contributed by atoms with Crippen LogP contribution in [0.4, 0.5) is 0 Å². The number of aromatic nitrogens is 2. The van der Waals surface area contributed by atoms with E-state index in [9.17, 15) is 13.2 Å².